The van der Waals surface area contributed by atoms with Crippen molar-refractivity contribution in [1.29, 1.82) is 0 Å². The highest BCUT2D eigenvalue weighted by Gasteiger charge is 2.21. The third kappa shape index (κ3) is 6.02. The monoisotopic (exact) mass is 469 g/mol. The molecule has 0 unspecified atom stereocenters. The number of carbonyl (C=O) groups is 1. The standard InChI is InChI=1S/C26H29Cl2N3O/c1-17-5-12-23(29)24(30-17)25(32)31(14-13-18-8-11-21(27)22(28)15-18)16-19-6-9-20(10-7-19)26(2,3)4/h5-12,15H,13-14,16,29H2,1-4H3. The van der Waals surface area contributed by atoms with Gasteiger partial charge in [-0.1, -0.05) is 74.3 Å². The fourth-order valence-corrected chi connectivity index (χ4v) is 3.75. The van der Waals surface area contributed by atoms with Crippen LogP contribution in [0.25, 0.3) is 0 Å². The topological polar surface area (TPSA) is 59.2 Å². The minimum atomic E-state index is -0.189. The molecular weight excluding hydrogens is 441 g/mol. The van der Waals surface area contributed by atoms with Crippen LogP contribution in [0.1, 0.15) is 53.6 Å². The molecule has 2 aromatic carbocycles. The van der Waals surface area contributed by atoms with E-state index in [9.17, 15) is 4.79 Å². The molecule has 1 amide bonds. The number of amides is 1. The van der Waals surface area contributed by atoms with Crippen molar-refractivity contribution in [2.24, 2.45) is 0 Å². The number of nitrogen functional groups attached to an aromatic ring is 1. The van der Waals surface area contributed by atoms with E-state index in [4.69, 9.17) is 28.9 Å². The summed E-state index contributed by atoms with van der Waals surface area (Å²) in [6.07, 6.45) is 0.633. The molecule has 168 valence electrons. The molecule has 0 aliphatic heterocycles. The van der Waals surface area contributed by atoms with Crippen molar-refractivity contribution in [3.05, 3.63) is 92.7 Å². The number of hydrogen-bond acceptors (Lipinski definition) is 3. The van der Waals surface area contributed by atoms with Crippen molar-refractivity contribution in [1.82, 2.24) is 9.88 Å². The average Bonchev–Trinajstić information content (AvgIpc) is 2.74. The lowest BCUT2D eigenvalue weighted by Crippen LogP contribution is -2.33. The zero-order valence-corrected chi connectivity index (χ0v) is 20.5. The molecule has 0 spiro atoms. The van der Waals surface area contributed by atoms with Crippen molar-refractivity contribution < 1.29 is 4.79 Å². The molecular formula is C26H29Cl2N3O. The Labute approximate surface area is 200 Å². The molecule has 1 heterocycles. The Morgan fingerprint density at radius 1 is 0.969 bits per heavy atom. The van der Waals surface area contributed by atoms with Gasteiger partial charge in [0.25, 0.3) is 5.91 Å². The van der Waals surface area contributed by atoms with Crippen molar-refractivity contribution in [3.8, 4) is 0 Å². The highest BCUT2D eigenvalue weighted by atomic mass is 35.5. The number of hydrogen-bond donors (Lipinski definition) is 1. The van der Waals surface area contributed by atoms with Crippen molar-refractivity contribution in [2.75, 3.05) is 12.3 Å². The number of anilines is 1. The van der Waals surface area contributed by atoms with Gasteiger partial charge in [-0.2, -0.15) is 0 Å². The molecule has 0 atom stereocenters. The van der Waals surface area contributed by atoms with E-state index in [1.807, 2.05) is 19.1 Å². The van der Waals surface area contributed by atoms with Crippen LogP contribution in [0.15, 0.2) is 54.6 Å². The number of nitrogens with zero attached hydrogens (tertiary/aromatic N) is 2. The Kier molecular flexibility index (Phi) is 7.47. The largest absolute Gasteiger partial charge is 0.397 e. The summed E-state index contributed by atoms with van der Waals surface area (Å²) in [6, 6.07) is 17.5. The summed E-state index contributed by atoms with van der Waals surface area (Å²) >= 11 is 12.2. The molecule has 0 saturated carbocycles. The number of benzene rings is 2. The number of nitrogens with two attached hydrogens (primary N) is 1. The molecule has 2 N–H and O–H groups in total. The Hall–Kier alpha value is -2.56. The van der Waals surface area contributed by atoms with Gasteiger partial charge in [-0.25, -0.2) is 4.98 Å². The summed E-state index contributed by atoms with van der Waals surface area (Å²) in [4.78, 5) is 19.6. The minimum absolute atomic E-state index is 0.0713. The van der Waals surface area contributed by atoms with E-state index in [1.165, 1.54) is 5.56 Å². The molecule has 0 aliphatic carbocycles. The molecule has 3 aromatic rings. The van der Waals surface area contributed by atoms with Crippen LogP contribution in [0, 0.1) is 6.92 Å². The van der Waals surface area contributed by atoms with E-state index in [-0.39, 0.29) is 17.0 Å². The first-order valence-electron chi connectivity index (χ1n) is 10.6. The maximum Gasteiger partial charge on any atom is 0.274 e. The van der Waals surface area contributed by atoms with E-state index >= 15 is 0 Å². The van der Waals surface area contributed by atoms with Crippen molar-refractivity contribution in [2.45, 2.75) is 46.1 Å². The van der Waals surface area contributed by atoms with Crippen LogP contribution in [0.5, 0.6) is 0 Å². The van der Waals surface area contributed by atoms with E-state index in [0.717, 1.165) is 16.8 Å². The summed E-state index contributed by atoms with van der Waals surface area (Å²) < 4.78 is 0. The second-order valence-electron chi connectivity index (χ2n) is 9.06. The van der Waals surface area contributed by atoms with Gasteiger partial charge in [-0.05, 0) is 59.7 Å². The van der Waals surface area contributed by atoms with Gasteiger partial charge >= 0.3 is 0 Å². The number of pyridine rings is 1. The number of rotatable bonds is 6. The molecule has 0 radical (unpaired) electrons. The van der Waals surface area contributed by atoms with E-state index in [1.54, 1.807) is 23.1 Å². The quantitative estimate of drug-likeness (QED) is 0.450. The molecule has 32 heavy (non-hydrogen) atoms. The van der Waals surface area contributed by atoms with E-state index < -0.39 is 0 Å². The molecule has 1 aromatic heterocycles. The van der Waals surface area contributed by atoms with Gasteiger partial charge in [0, 0.05) is 18.8 Å². The second kappa shape index (κ2) is 9.93. The highest BCUT2D eigenvalue weighted by Crippen LogP contribution is 2.25. The summed E-state index contributed by atoms with van der Waals surface area (Å²) in [5.41, 5.74) is 10.9. The highest BCUT2D eigenvalue weighted by molar-refractivity contribution is 6.42. The van der Waals surface area contributed by atoms with Crippen LogP contribution < -0.4 is 5.73 Å². The SMILES string of the molecule is Cc1ccc(N)c(C(=O)N(CCc2ccc(Cl)c(Cl)c2)Cc2ccc(C(C)(C)C)cc2)n1. The minimum Gasteiger partial charge on any atom is -0.397 e. The molecule has 0 fully saturated rings. The van der Waals surface area contributed by atoms with Gasteiger partial charge < -0.3 is 10.6 Å². The lowest BCUT2D eigenvalue weighted by molar-refractivity contribution is 0.0740. The smallest absolute Gasteiger partial charge is 0.274 e. The lowest BCUT2D eigenvalue weighted by Gasteiger charge is -2.24. The number of carbonyl (C=O) groups excluding carboxylic acids is 1. The van der Waals surface area contributed by atoms with Crippen molar-refractivity contribution in [3.63, 3.8) is 0 Å². The van der Waals surface area contributed by atoms with Crippen LogP contribution in [-0.4, -0.2) is 22.3 Å². The Morgan fingerprint density at radius 2 is 1.62 bits per heavy atom. The summed E-state index contributed by atoms with van der Waals surface area (Å²) in [7, 11) is 0. The first kappa shape index (κ1) is 24.1. The Balaban J connectivity index is 1.86. The third-order valence-electron chi connectivity index (χ3n) is 5.40. The predicted octanol–water partition coefficient (Wildman–Crippen LogP) is 6.46. The number of aryl methyl sites for hydroxylation is 1. The van der Waals surface area contributed by atoms with E-state index in [0.29, 0.717) is 35.2 Å². The maximum absolute atomic E-state index is 13.4. The number of aromatic nitrogens is 1. The van der Waals surface area contributed by atoms with Gasteiger partial charge in [0.15, 0.2) is 5.69 Å². The molecule has 0 saturated heterocycles. The van der Waals surface area contributed by atoms with Gasteiger partial charge in [0.05, 0.1) is 15.7 Å². The normalized spacial score (nSPS) is 11.4. The predicted molar refractivity (Wildman–Crippen MR) is 133 cm³/mol. The molecule has 3 rings (SSSR count). The fraction of sp³-hybridized carbons (Fsp3) is 0.308. The summed E-state index contributed by atoms with van der Waals surface area (Å²) in [6.45, 7) is 9.35. The van der Waals surface area contributed by atoms with Crippen LogP contribution >= 0.6 is 23.2 Å². The van der Waals surface area contributed by atoms with Gasteiger partial charge in [-0.3, -0.25) is 4.79 Å². The maximum atomic E-state index is 13.4. The number of halogens is 2. The third-order valence-corrected chi connectivity index (χ3v) is 6.14. The van der Waals surface area contributed by atoms with Gasteiger partial charge in [0.2, 0.25) is 0 Å². The zero-order valence-electron chi connectivity index (χ0n) is 19.0. The fourth-order valence-electron chi connectivity index (χ4n) is 3.43. The van der Waals surface area contributed by atoms with Crippen LogP contribution in [0.3, 0.4) is 0 Å². The Morgan fingerprint density at radius 3 is 2.25 bits per heavy atom. The van der Waals surface area contributed by atoms with Crippen LogP contribution in [-0.2, 0) is 18.4 Å². The van der Waals surface area contributed by atoms with Gasteiger partial charge in [-0.15, -0.1) is 0 Å². The summed E-state index contributed by atoms with van der Waals surface area (Å²) in [5, 5.41) is 1.02. The zero-order chi connectivity index (χ0) is 23.5. The van der Waals surface area contributed by atoms with Crippen LogP contribution in [0.2, 0.25) is 10.0 Å². The van der Waals surface area contributed by atoms with E-state index in [2.05, 4.69) is 50.0 Å². The first-order valence-corrected chi connectivity index (χ1v) is 11.4. The molecule has 0 bridgehead atoms. The molecule has 6 heteroatoms. The van der Waals surface area contributed by atoms with Crippen molar-refractivity contribution >= 4 is 34.8 Å². The lowest BCUT2D eigenvalue weighted by atomic mass is 9.87. The average molecular weight is 470 g/mol. The Bertz CT molecular complexity index is 1110. The molecule has 0 aliphatic rings. The van der Waals surface area contributed by atoms with Gasteiger partial charge in [0.1, 0.15) is 0 Å². The second-order valence-corrected chi connectivity index (χ2v) is 9.88. The van der Waals surface area contributed by atoms with Crippen LogP contribution in [0.4, 0.5) is 5.69 Å². The first-order chi connectivity index (χ1) is 15.0. The molecule has 4 nitrogen and oxygen atoms in total. The summed E-state index contributed by atoms with van der Waals surface area (Å²) in [5.74, 6) is -0.189.